The molecule has 1 heterocycles. The highest BCUT2D eigenvalue weighted by Crippen LogP contribution is 2.36. The van der Waals surface area contributed by atoms with Gasteiger partial charge >= 0.3 is 15.6 Å². The average Bonchev–Trinajstić information content (AvgIpc) is 2.76. The van der Waals surface area contributed by atoms with Crippen molar-refractivity contribution in [2.45, 2.75) is 12.8 Å². The molecule has 3 N–H and O–H groups in total. The molecule has 18 heavy (non-hydrogen) atoms. The summed E-state index contributed by atoms with van der Waals surface area (Å²) in [7, 11) is -5.72. The van der Waals surface area contributed by atoms with Gasteiger partial charge in [-0.2, -0.15) is 0 Å². The molecular weight excluding hydrogens is 278 g/mol. The van der Waals surface area contributed by atoms with E-state index >= 15 is 0 Å². The summed E-state index contributed by atoms with van der Waals surface area (Å²) in [6, 6.07) is 3.68. The van der Waals surface area contributed by atoms with Crippen LogP contribution in [0.1, 0.15) is 12.8 Å². The summed E-state index contributed by atoms with van der Waals surface area (Å²) >= 11 is 0. The Morgan fingerprint density at radius 1 is 1.28 bits per heavy atom. The van der Waals surface area contributed by atoms with E-state index in [1.54, 1.807) is 17.1 Å². The fourth-order valence-electron chi connectivity index (χ4n) is 1.24. The number of rotatable bonds is 9. The highest BCUT2D eigenvalue weighted by molar-refractivity contribution is 7.51. The molecule has 102 valence electrons. The molecule has 7 nitrogen and oxygen atoms in total. The molecular formula is C9H17N2O5P2+. The first-order valence-electron chi connectivity index (χ1n) is 5.46. The second-order valence-electron chi connectivity index (χ2n) is 3.67. The molecule has 1 aromatic rings. The summed E-state index contributed by atoms with van der Waals surface area (Å²) in [6.45, 7) is 0.127. The minimum Gasteiger partial charge on any atom is -0.324 e. The molecule has 0 aliphatic heterocycles. The van der Waals surface area contributed by atoms with E-state index in [1.807, 2.05) is 12.1 Å². The van der Waals surface area contributed by atoms with Gasteiger partial charge in [-0.25, -0.2) is 0 Å². The first kappa shape index (κ1) is 15.3. The molecule has 0 amide bonds. The molecule has 0 aromatic carbocycles. The van der Waals surface area contributed by atoms with Crippen LogP contribution in [0.4, 0.5) is 0 Å². The van der Waals surface area contributed by atoms with Crippen molar-refractivity contribution in [2.75, 3.05) is 24.5 Å². The van der Waals surface area contributed by atoms with Gasteiger partial charge in [0.05, 0.1) is 0 Å². The highest BCUT2D eigenvalue weighted by Gasteiger charge is 2.18. The molecule has 1 unspecified atom stereocenters. The minimum absolute atomic E-state index is 0.127. The second-order valence-corrected chi connectivity index (χ2v) is 6.82. The van der Waals surface area contributed by atoms with Gasteiger partial charge < -0.3 is 9.79 Å². The van der Waals surface area contributed by atoms with Crippen molar-refractivity contribution in [3.63, 3.8) is 0 Å². The van der Waals surface area contributed by atoms with Crippen LogP contribution in [0.2, 0.25) is 0 Å². The summed E-state index contributed by atoms with van der Waals surface area (Å²) in [6.07, 6.45) is 4.54. The van der Waals surface area contributed by atoms with Gasteiger partial charge in [0.25, 0.3) is 0 Å². The van der Waals surface area contributed by atoms with Crippen LogP contribution in [0.3, 0.4) is 0 Å². The van der Waals surface area contributed by atoms with E-state index < -0.39 is 15.6 Å². The summed E-state index contributed by atoms with van der Waals surface area (Å²) in [5, 5.41) is 0. The lowest BCUT2D eigenvalue weighted by molar-refractivity contribution is 0.340. The number of nitrogens with zero attached hydrogens (tertiary/aromatic N) is 1. The third-order valence-electron chi connectivity index (χ3n) is 2.10. The topological polar surface area (TPSA) is 101 Å². The van der Waals surface area contributed by atoms with Gasteiger partial charge in [0.2, 0.25) is 0 Å². The van der Waals surface area contributed by atoms with E-state index in [-0.39, 0.29) is 12.9 Å². The van der Waals surface area contributed by atoms with Crippen LogP contribution < -0.4 is 5.43 Å². The van der Waals surface area contributed by atoms with Gasteiger partial charge in [-0.15, -0.1) is 4.52 Å². The van der Waals surface area contributed by atoms with Crippen molar-refractivity contribution >= 4 is 15.6 Å². The van der Waals surface area contributed by atoms with Crippen molar-refractivity contribution < 1.29 is 23.4 Å². The van der Waals surface area contributed by atoms with Crippen LogP contribution in [-0.4, -0.2) is 33.5 Å². The van der Waals surface area contributed by atoms with Crippen molar-refractivity contribution in [1.29, 1.82) is 0 Å². The Hall–Kier alpha value is -0.710. The Morgan fingerprint density at radius 2 is 1.94 bits per heavy atom. The van der Waals surface area contributed by atoms with Gasteiger partial charge in [-0.3, -0.25) is 14.7 Å². The number of unbranched alkanes of at least 4 members (excludes halogenated alkanes) is 1. The molecule has 0 saturated heterocycles. The zero-order valence-corrected chi connectivity index (χ0v) is 11.6. The van der Waals surface area contributed by atoms with Gasteiger partial charge in [-0.05, 0) is 29.5 Å². The molecule has 1 rings (SSSR count). The molecule has 1 atom stereocenters. The lowest BCUT2D eigenvalue weighted by Crippen LogP contribution is -2.14. The maximum Gasteiger partial charge on any atom is 0.509 e. The number of hydrogen-bond donors (Lipinski definition) is 3. The third-order valence-corrected chi connectivity index (χ3v) is 4.10. The van der Waals surface area contributed by atoms with E-state index in [9.17, 15) is 9.13 Å². The van der Waals surface area contributed by atoms with Crippen LogP contribution in [0.5, 0.6) is 0 Å². The maximum atomic E-state index is 11.4. The third kappa shape index (κ3) is 7.58. The van der Waals surface area contributed by atoms with Gasteiger partial charge in [0.15, 0.2) is 12.9 Å². The summed E-state index contributed by atoms with van der Waals surface area (Å²) < 4.78 is 28.6. The van der Waals surface area contributed by atoms with E-state index in [0.29, 0.717) is 19.0 Å². The lowest BCUT2D eigenvalue weighted by Gasteiger charge is -2.02. The first-order valence-corrected chi connectivity index (χ1v) is 8.62. The van der Waals surface area contributed by atoms with Gasteiger partial charge in [0.1, 0.15) is 0 Å². The Morgan fingerprint density at radius 3 is 2.56 bits per heavy atom. The minimum atomic E-state index is -3.93. The first-order chi connectivity index (χ1) is 8.47. The predicted molar refractivity (Wildman–Crippen MR) is 68.4 cm³/mol. The van der Waals surface area contributed by atoms with Crippen LogP contribution in [0.15, 0.2) is 24.5 Å². The average molecular weight is 295 g/mol. The van der Waals surface area contributed by atoms with Gasteiger partial charge in [0, 0.05) is 18.6 Å². The van der Waals surface area contributed by atoms with Crippen LogP contribution in [0.25, 0.3) is 0 Å². The Kier molecular flexibility index (Phi) is 6.54. The molecule has 0 aliphatic rings. The van der Waals surface area contributed by atoms with E-state index in [4.69, 9.17) is 14.3 Å². The Bertz CT molecular complexity index is 403. The molecule has 1 aromatic heterocycles. The summed E-state index contributed by atoms with van der Waals surface area (Å²) in [5.41, 5.74) is 2.86. The predicted octanol–water partition coefficient (Wildman–Crippen LogP) is 1.71. The zero-order valence-electron chi connectivity index (χ0n) is 9.81. The number of nitrogens with one attached hydrogen (secondary N) is 1. The standard InChI is InChI=1S/C9H16N2O5P2/c12-17(7-3-4-8-18(13,14)15)16-9-10-11-5-1-2-6-11/h1-2,5-6,10H,3-4,7-9H2,(H-,13,14,15)/p+1. The largest absolute Gasteiger partial charge is 0.509 e. The molecule has 0 aliphatic carbocycles. The second kappa shape index (κ2) is 7.67. The zero-order chi connectivity index (χ0) is 13.4. The van der Waals surface area contributed by atoms with Crippen molar-refractivity contribution in [2.24, 2.45) is 0 Å². The Balaban J connectivity index is 2.02. The van der Waals surface area contributed by atoms with Crippen LogP contribution >= 0.6 is 15.6 Å². The molecule has 9 heteroatoms. The van der Waals surface area contributed by atoms with E-state index in [2.05, 4.69) is 5.43 Å². The van der Waals surface area contributed by atoms with Crippen LogP contribution in [-0.2, 0) is 13.7 Å². The van der Waals surface area contributed by atoms with Crippen molar-refractivity contribution in [3.05, 3.63) is 24.5 Å². The molecule has 0 fully saturated rings. The van der Waals surface area contributed by atoms with Crippen molar-refractivity contribution in [1.82, 2.24) is 4.68 Å². The fraction of sp³-hybridized carbons (Fsp3) is 0.556. The molecule has 0 bridgehead atoms. The SMILES string of the molecule is O=[P+](CCCCP(=O)(O)O)OCNn1cccc1. The summed E-state index contributed by atoms with van der Waals surface area (Å²) in [5.74, 6) is 0. The lowest BCUT2D eigenvalue weighted by atomic mass is 10.4. The fourth-order valence-corrected chi connectivity index (χ4v) is 2.69. The van der Waals surface area contributed by atoms with E-state index in [0.717, 1.165) is 0 Å². The molecule has 0 radical (unpaired) electrons. The maximum absolute atomic E-state index is 11.4. The summed E-state index contributed by atoms with van der Waals surface area (Å²) in [4.78, 5) is 17.2. The smallest absolute Gasteiger partial charge is 0.324 e. The van der Waals surface area contributed by atoms with E-state index in [1.165, 1.54) is 0 Å². The van der Waals surface area contributed by atoms with Crippen molar-refractivity contribution in [3.8, 4) is 0 Å². The number of hydrogen-bond acceptors (Lipinski definition) is 4. The normalized spacial score (nSPS) is 12.4. The van der Waals surface area contributed by atoms with Crippen LogP contribution in [0, 0.1) is 0 Å². The monoisotopic (exact) mass is 295 g/mol. The number of aromatic nitrogens is 1. The van der Waals surface area contributed by atoms with Gasteiger partial charge in [-0.1, -0.05) is 0 Å². The highest BCUT2D eigenvalue weighted by atomic mass is 31.2. The molecule has 0 saturated carbocycles. The Labute approximate surface area is 106 Å². The quantitative estimate of drug-likeness (QED) is 0.364. The molecule has 0 spiro atoms.